The Labute approximate surface area is 107 Å². The van der Waals surface area contributed by atoms with Gasteiger partial charge in [0.05, 0.1) is 0 Å². The molecule has 1 atom stereocenters. The summed E-state index contributed by atoms with van der Waals surface area (Å²) in [5, 5.41) is 0. The van der Waals surface area contributed by atoms with Crippen LogP contribution in [0.15, 0.2) is 0 Å². The molecule has 0 aliphatic carbocycles. The molecule has 3 heteroatoms. The molecular weight excluding hydrogens is 210 g/mol. The van der Waals surface area contributed by atoms with Crippen molar-refractivity contribution in [3.05, 3.63) is 0 Å². The predicted octanol–water partition coefficient (Wildman–Crippen LogP) is 1.78. The Morgan fingerprint density at radius 1 is 1.06 bits per heavy atom. The molecule has 1 aliphatic rings. The summed E-state index contributed by atoms with van der Waals surface area (Å²) >= 11 is 0. The van der Waals surface area contributed by atoms with Gasteiger partial charge in [0, 0.05) is 32.7 Å². The van der Waals surface area contributed by atoms with Gasteiger partial charge in [0.15, 0.2) is 0 Å². The summed E-state index contributed by atoms with van der Waals surface area (Å²) in [6, 6.07) is 0. The summed E-state index contributed by atoms with van der Waals surface area (Å²) in [7, 11) is 0. The Morgan fingerprint density at radius 3 is 2.29 bits per heavy atom. The van der Waals surface area contributed by atoms with E-state index in [0.29, 0.717) is 0 Å². The van der Waals surface area contributed by atoms with Crippen molar-refractivity contribution in [2.45, 2.75) is 39.5 Å². The van der Waals surface area contributed by atoms with E-state index in [-0.39, 0.29) is 0 Å². The van der Waals surface area contributed by atoms with Crippen molar-refractivity contribution in [3.63, 3.8) is 0 Å². The second kappa shape index (κ2) is 8.90. The van der Waals surface area contributed by atoms with Gasteiger partial charge in [0.1, 0.15) is 0 Å². The maximum atomic E-state index is 5.52. The monoisotopic (exact) mass is 241 g/mol. The van der Waals surface area contributed by atoms with E-state index in [1.165, 1.54) is 65.0 Å². The van der Waals surface area contributed by atoms with Crippen LogP contribution in [0.25, 0.3) is 0 Å². The molecule has 1 unspecified atom stereocenters. The van der Waals surface area contributed by atoms with Crippen molar-refractivity contribution in [2.75, 3.05) is 45.8 Å². The first-order valence-electron chi connectivity index (χ1n) is 7.41. The van der Waals surface area contributed by atoms with Crippen LogP contribution < -0.4 is 5.73 Å². The molecule has 102 valence electrons. The van der Waals surface area contributed by atoms with E-state index in [1.807, 2.05) is 0 Å². The van der Waals surface area contributed by atoms with Gasteiger partial charge >= 0.3 is 0 Å². The van der Waals surface area contributed by atoms with Gasteiger partial charge in [-0.1, -0.05) is 20.3 Å². The molecule has 2 N–H and O–H groups in total. The first-order valence-corrected chi connectivity index (χ1v) is 7.41. The largest absolute Gasteiger partial charge is 0.330 e. The molecule has 0 radical (unpaired) electrons. The Kier molecular flexibility index (Phi) is 7.82. The maximum Gasteiger partial charge on any atom is 0.0110 e. The number of nitrogens with two attached hydrogens (primary N) is 1. The number of rotatable bonds is 8. The number of piperazine rings is 1. The molecule has 3 nitrogen and oxygen atoms in total. The van der Waals surface area contributed by atoms with Crippen molar-refractivity contribution in [3.8, 4) is 0 Å². The molecule has 17 heavy (non-hydrogen) atoms. The highest BCUT2D eigenvalue weighted by molar-refractivity contribution is 4.73. The van der Waals surface area contributed by atoms with Crippen molar-refractivity contribution >= 4 is 0 Å². The zero-order valence-electron chi connectivity index (χ0n) is 11.8. The van der Waals surface area contributed by atoms with Gasteiger partial charge in [0.2, 0.25) is 0 Å². The van der Waals surface area contributed by atoms with Crippen molar-refractivity contribution < 1.29 is 0 Å². The molecule has 0 amide bonds. The van der Waals surface area contributed by atoms with Crippen molar-refractivity contribution in [1.82, 2.24) is 9.80 Å². The third-order valence-electron chi connectivity index (χ3n) is 3.74. The molecule has 0 saturated carbocycles. The van der Waals surface area contributed by atoms with E-state index in [2.05, 4.69) is 23.6 Å². The summed E-state index contributed by atoms with van der Waals surface area (Å²) < 4.78 is 0. The smallest absolute Gasteiger partial charge is 0.0110 e. The SMILES string of the molecule is CCCC(C)CN1CCN(CCCCN)CC1. The van der Waals surface area contributed by atoms with Gasteiger partial charge in [-0.3, -0.25) is 0 Å². The molecule has 1 fully saturated rings. The van der Waals surface area contributed by atoms with Gasteiger partial charge < -0.3 is 15.5 Å². The summed E-state index contributed by atoms with van der Waals surface area (Å²) in [4.78, 5) is 5.23. The lowest BCUT2D eigenvalue weighted by Crippen LogP contribution is -2.47. The Hall–Kier alpha value is -0.120. The highest BCUT2D eigenvalue weighted by atomic mass is 15.3. The van der Waals surface area contributed by atoms with E-state index < -0.39 is 0 Å². The highest BCUT2D eigenvalue weighted by Gasteiger charge is 2.17. The predicted molar refractivity (Wildman–Crippen MR) is 75.2 cm³/mol. The second-order valence-corrected chi connectivity index (χ2v) is 5.53. The van der Waals surface area contributed by atoms with E-state index in [9.17, 15) is 0 Å². The Balaban J connectivity index is 2.08. The molecule has 1 saturated heterocycles. The topological polar surface area (TPSA) is 32.5 Å². The minimum atomic E-state index is 0.842. The fourth-order valence-electron chi connectivity index (χ4n) is 2.70. The summed E-state index contributed by atoms with van der Waals surface area (Å²) in [6.07, 6.45) is 5.13. The molecule has 1 rings (SSSR count). The summed E-state index contributed by atoms with van der Waals surface area (Å²) in [5.74, 6) is 0.865. The zero-order chi connectivity index (χ0) is 12.5. The normalized spacial score (nSPS) is 20.6. The van der Waals surface area contributed by atoms with E-state index in [4.69, 9.17) is 5.73 Å². The Bertz CT molecular complexity index is 176. The molecule has 0 aromatic rings. The van der Waals surface area contributed by atoms with Crippen LogP contribution in [0.1, 0.15) is 39.5 Å². The van der Waals surface area contributed by atoms with Gasteiger partial charge in [-0.15, -0.1) is 0 Å². The van der Waals surface area contributed by atoms with Crippen molar-refractivity contribution in [1.29, 1.82) is 0 Å². The number of hydrogen-bond acceptors (Lipinski definition) is 3. The molecule has 1 aliphatic heterocycles. The molecule has 1 heterocycles. The minimum Gasteiger partial charge on any atom is -0.330 e. The molecule has 0 bridgehead atoms. The van der Waals surface area contributed by atoms with Crippen LogP contribution in [-0.4, -0.2) is 55.6 Å². The first kappa shape index (κ1) is 14.9. The van der Waals surface area contributed by atoms with Gasteiger partial charge in [-0.05, 0) is 38.3 Å². The van der Waals surface area contributed by atoms with Crippen LogP contribution in [0.4, 0.5) is 0 Å². The van der Waals surface area contributed by atoms with Gasteiger partial charge in [-0.2, -0.15) is 0 Å². The lowest BCUT2D eigenvalue weighted by atomic mass is 10.1. The number of unbranched alkanes of at least 4 members (excludes halogenated alkanes) is 1. The third kappa shape index (κ3) is 6.39. The van der Waals surface area contributed by atoms with E-state index in [1.54, 1.807) is 0 Å². The molecular formula is C14H31N3. The fraction of sp³-hybridized carbons (Fsp3) is 1.00. The summed E-state index contributed by atoms with van der Waals surface area (Å²) in [5.41, 5.74) is 5.52. The quantitative estimate of drug-likeness (QED) is 0.658. The number of nitrogens with zero attached hydrogens (tertiary/aromatic N) is 2. The van der Waals surface area contributed by atoms with E-state index in [0.717, 1.165) is 12.5 Å². The van der Waals surface area contributed by atoms with Crippen LogP contribution in [0, 0.1) is 5.92 Å². The van der Waals surface area contributed by atoms with Crippen LogP contribution in [0.5, 0.6) is 0 Å². The first-order chi connectivity index (χ1) is 8.26. The molecule has 0 spiro atoms. The fourth-order valence-corrected chi connectivity index (χ4v) is 2.70. The standard InChI is InChI=1S/C14H31N3/c1-3-6-14(2)13-17-11-9-16(10-12-17)8-5-4-7-15/h14H,3-13,15H2,1-2H3. The van der Waals surface area contributed by atoms with Crippen molar-refractivity contribution in [2.24, 2.45) is 11.7 Å². The van der Waals surface area contributed by atoms with Gasteiger partial charge in [0.25, 0.3) is 0 Å². The molecule has 0 aromatic carbocycles. The average molecular weight is 241 g/mol. The lowest BCUT2D eigenvalue weighted by Gasteiger charge is -2.36. The second-order valence-electron chi connectivity index (χ2n) is 5.53. The third-order valence-corrected chi connectivity index (χ3v) is 3.74. The van der Waals surface area contributed by atoms with Gasteiger partial charge in [-0.25, -0.2) is 0 Å². The summed E-state index contributed by atoms with van der Waals surface area (Å²) in [6.45, 7) is 13.1. The van der Waals surface area contributed by atoms with E-state index >= 15 is 0 Å². The highest BCUT2D eigenvalue weighted by Crippen LogP contribution is 2.10. The zero-order valence-corrected chi connectivity index (χ0v) is 11.8. The van der Waals surface area contributed by atoms with Crippen LogP contribution in [0.2, 0.25) is 0 Å². The van der Waals surface area contributed by atoms with Crippen LogP contribution >= 0.6 is 0 Å². The Morgan fingerprint density at radius 2 is 1.71 bits per heavy atom. The minimum absolute atomic E-state index is 0.842. The average Bonchev–Trinajstić information content (AvgIpc) is 2.32. The maximum absolute atomic E-state index is 5.52. The van der Waals surface area contributed by atoms with Crippen LogP contribution in [0.3, 0.4) is 0 Å². The number of hydrogen-bond donors (Lipinski definition) is 1. The lowest BCUT2D eigenvalue weighted by molar-refractivity contribution is 0.117. The van der Waals surface area contributed by atoms with Crippen LogP contribution in [-0.2, 0) is 0 Å². The molecule has 0 aromatic heterocycles.